The summed E-state index contributed by atoms with van der Waals surface area (Å²) in [5.74, 6) is 5.10. The lowest BCUT2D eigenvalue weighted by atomic mass is 9.94. The maximum absolute atomic E-state index is 5.19. The predicted molar refractivity (Wildman–Crippen MR) is 489 cm³/mol. The second kappa shape index (κ2) is 34.4. The van der Waals surface area contributed by atoms with E-state index in [1.807, 2.05) is 176 Å². The fraction of sp³-hybridized carbons (Fsp3) is 0. The summed E-state index contributed by atoms with van der Waals surface area (Å²) < 4.78 is 0. The van der Waals surface area contributed by atoms with Gasteiger partial charge in [0.25, 0.3) is 0 Å². The van der Waals surface area contributed by atoms with Crippen molar-refractivity contribution in [1.82, 2.24) is 49.8 Å². The van der Waals surface area contributed by atoms with Crippen molar-refractivity contribution in [3.63, 3.8) is 0 Å². The van der Waals surface area contributed by atoms with Gasteiger partial charge in [-0.15, -0.1) is 0 Å². The average Bonchev–Trinajstić information content (AvgIpc) is 0.781. The second-order valence-electron chi connectivity index (χ2n) is 29.0. The molecule has 10 heteroatoms. The van der Waals surface area contributed by atoms with Crippen molar-refractivity contribution in [1.29, 1.82) is 0 Å². The highest BCUT2D eigenvalue weighted by atomic mass is 15.0. The van der Waals surface area contributed by atoms with E-state index in [1.165, 1.54) is 16.7 Å². The van der Waals surface area contributed by atoms with E-state index in [2.05, 4.69) is 273 Å². The molecule has 0 saturated heterocycles. The lowest BCUT2D eigenvalue weighted by Crippen LogP contribution is -2.01. The van der Waals surface area contributed by atoms with Crippen LogP contribution in [0.15, 0.2) is 449 Å². The minimum atomic E-state index is 0.605. The van der Waals surface area contributed by atoms with Crippen molar-refractivity contribution in [2.24, 2.45) is 0 Å². The van der Waals surface area contributed by atoms with Crippen molar-refractivity contribution in [2.45, 2.75) is 0 Å². The third kappa shape index (κ3) is 16.5. The van der Waals surface area contributed by atoms with Gasteiger partial charge in [-0.3, -0.25) is 0 Å². The Morgan fingerprint density at radius 1 is 0.0917 bits per heavy atom. The molecule has 120 heavy (non-hydrogen) atoms. The number of hydrogen-bond acceptors (Lipinski definition) is 10. The molecule has 0 saturated carbocycles. The topological polar surface area (TPSA) is 129 Å². The van der Waals surface area contributed by atoms with E-state index >= 15 is 0 Å². The molecule has 4 aromatic heterocycles. The Kier molecular flexibility index (Phi) is 21.2. The highest BCUT2D eigenvalue weighted by molar-refractivity contribution is 5.88. The number of hydrogen-bond donors (Lipinski definition) is 0. The first-order valence-corrected chi connectivity index (χ1v) is 40.0. The number of benzene rings is 16. The minimum absolute atomic E-state index is 0.605. The molecular weight excluding hydrogens is 1460 g/mol. The van der Waals surface area contributed by atoms with E-state index in [0.717, 1.165) is 140 Å². The van der Waals surface area contributed by atoms with Gasteiger partial charge >= 0.3 is 0 Å². The summed E-state index contributed by atoms with van der Waals surface area (Å²) in [6.07, 6.45) is 0. The molecule has 564 valence electrons. The fourth-order valence-corrected chi connectivity index (χ4v) is 15.0. The molecule has 0 bridgehead atoms. The highest BCUT2D eigenvalue weighted by Gasteiger charge is 2.21. The average molecular weight is 1540 g/mol. The quantitative estimate of drug-likeness (QED) is 0.0819. The van der Waals surface area contributed by atoms with E-state index in [1.54, 1.807) is 0 Å². The van der Waals surface area contributed by atoms with E-state index in [9.17, 15) is 0 Å². The second-order valence-corrected chi connectivity index (χ2v) is 29.0. The van der Waals surface area contributed by atoms with Gasteiger partial charge in [-0.1, -0.05) is 413 Å². The zero-order valence-electron chi connectivity index (χ0n) is 65.2. The van der Waals surface area contributed by atoms with Crippen molar-refractivity contribution in [2.75, 3.05) is 0 Å². The maximum Gasteiger partial charge on any atom is 0.164 e. The summed E-state index contributed by atoms with van der Waals surface area (Å²) in [4.78, 5) is 50.5. The number of aromatic nitrogens is 10. The molecule has 0 atom stereocenters. The van der Waals surface area contributed by atoms with Gasteiger partial charge in [0.1, 0.15) is 0 Å². The Labute approximate surface area is 697 Å². The summed E-state index contributed by atoms with van der Waals surface area (Å²) in [6, 6.07) is 154. The van der Waals surface area contributed by atoms with Crippen LogP contribution in [0.4, 0.5) is 0 Å². The third-order valence-corrected chi connectivity index (χ3v) is 21.2. The lowest BCUT2D eigenvalue weighted by molar-refractivity contribution is 1.07. The summed E-state index contributed by atoms with van der Waals surface area (Å²) in [5, 5.41) is 0. The first-order valence-electron chi connectivity index (χ1n) is 40.0. The normalized spacial score (nSPS) is 11.0. The molecule has 0 fully saturated rings. The van der Waals surface area contributed by atoms with Crippen LogP contribution in [0.5, 0.6) is 0 Å². The van der Waals surface area contributed by atoms with Crippen LogP contribution in [0.2, 0.25) is 0 Å². The Balaban J connectivity index is 0.000000159. The number of nitrogens with zero attached hydrogens (tertiary/aromatic N) is 10. The van der Waals surface area contributed by atoms with Gasteiger partial charge in [-0.2, -0.15) is 0 Å². The van der Waals surface area contributed by atoms with Crippen LogP contribution >= 0.6 is 0 Å². The third-order valence-electron chi connectivity index (χ3n) is 21.2. The molecule has 4 heterocycles. The van der Waals surface area contributed by atoms with E-state index < -0.39 is 0 Å². The Bertz CT molecular complexity index is 6850. The maximum atomic E-state index is 5.19. The molecule has 0 unspecified atom stereocenters. The number of rotatable bonds is 18. The monoisotopic (exact) mass is 1530 g/mol. The van der Waals surface area contributed by atoms with E-state index in [-0.39, 0.29) is 0 Å². The zero-order chi connectivity index (χ0) is 80.2. The molecule has 10 nitrogen and oxygen atoms in total. The zero-order valence-corrected chi connectivity index (χ0v) is 65.2. The van der Waals surface area contributed by atoms with Crippen LogP contribution in [0.25, 0.3) is 203 Å². The molecule has 0 radical (unpaired) electrons. The molecule has 16 aromatic carbocycles. The summed E-state index contributed by atoms with van der Waals surface area (Å²) >= 11 is 0. The molecule has 20 aromatic rings. The molecular formula is C110H74N10. The molecule has 0 aliphatic rings. The van der Waals surface area contributed by atoms with Gasteiger partial charge in [0, 0.05) is 66.8 Å². The molecule has 0 amide bonds. The van der Waals surface area contributed by atoms with Crippen LogP contribution in [0.3, 0.4) is 0 Å². The van der Waals surface area contributed by atoms with Crippen molar-refractivity contribution < 1.29 is 0 Å². The highest BCUT2D eigenvalue weighted by Crippen LogP contribution is 2.40. The van der Waals surface area contributed by atoms with Gasteiger partial charge in [-0.25, -0.2) is 49.8 Å². The van der Waals surface area contributed by atoms with Crippen LogP contribution < -0.4 is 0 Å². The smallest absolute Gasteiger partial charge is 0.164 e. The molecule has 0 aliphatic carbocycles. The summed E-state index contributed by atoms with van der Waals surface area (Å²) in [7, 11) is 0. The standard InChI is InChI=1S/2C55H37N5/c1-5-17-38(18-6-1)44-25-15-27-46(35-44)48-29-13-14-30-49(48)51-37-50(56-52(57-51)41-19-7-2-8-20-41)40-33-31-39(32-34-40)45-26-16-28-47(36-45)55-59-53(42-21-9-3-10-22-42)58-54(60-55)43-23-11-4-12-24-43;1-5-17-38(18-6-1)44-25-15-27-46(35-44)48-29-13-14-30-49(48)55-59-53(43-23-11-4-12-24-43)58-54(60-55)47-28-16-26-45(36-47)39-31-33-41(34-32-39)51-37-50(40-19-7-2-8-20-40)56-52(57-51)42-21-9-3-10-22-42/h2*1-37H. The Hall–Kier alpha value is -16.3. The molecule has 0 aliphatic heterocycles. The van der Waals surface area contributed by atoms with Crippen LogP contribution in [0.1, 0.15) is 0 Å². The summed E-state index contributed by atoms with van der Waals surface area (Å²) in [6.45, 7) is 0. The SMILES string of the molecule is c1ccc(-c2cccc(-c3ccccc3-c3cc(-c4ccc(-c5cccc(-c6nc(-c7ccccc7)nc(-c7ccccc7)n6)c5)cc4)nc(-c4ccccc4)n3)c2)cc1.c1ccc(-c2cccc(-c3ccccc3-c3nc(-c4ccccc4)nc(-c4cccc(-c5ccc(-c6cc(-c7ccccc7)nc(-c7ccccc7)n6)cc5)c4)n3)c2)cc1. The fourth-order valence-electron chi connectivity index (χ4n) is 15.0. The first-order chi connectivity index (χ1) is 59.4. The van der Waals surface area contributed by atoms with Crippen LogP contribution in [-0.2, 0) is 0 Å². The van der Waals surface area contributed by atoms with Gasteiger partial charge in [-0.05, 0) is 103 Å². The van der Waals surface area contributed by atoms with Crippen molar-refractivity contribution in [3.8, 4) is 203 Å². The van der Waals surface area contributed by atoms with Gasteiger partial charge in [0.05, 0.1) is 22.8 Å². The predicted octanol–water partition coefficient (Wildman–Crippen LogP) is 27.3. The first kappa shape index (κ1) is 73.8. The van der Waals surface area contributed by atoms with Crippen molar-refractivity contribution >= 4 is 0 Å². The Morgan fingerprint density at radius 3 is 0.625 bits per heavy atom. The van der Waals surface area contributed by atoms with Crippen LogP contribution in [-0.4, -0.2) is 49.8 Å². The van der Waals surface area contributed by atoms with Crippen LogP contribution in [0, 0.1) is 0 Å². The van der Waals surface area contributed by atoms with E-state index in [4.69, 9.17) is 49.8 Å². The largest absolute Gasteiger partial charge is 0.228 e. The van der Waals surface area contributed by atoms with Gasteiger partial charge in [0.15, 0.2) is 46.6 Å². The van der Waals surface area contributed by atoms with Gasteiger partial charge < -0.3 is 0 Å². The lowest BCUT2D eigenvalue weighted by Gasteiger charge is -2.14. The molecule has 20 rings (SSSR count). The van der Waals surface area contributed by atoms with E-state index in [0.29, 0.717) is 46.6 Å². The summed E-state index contributed by atoms with van der Waals surface area (Å²) in [5.41, 5.74) is 28.3. The van der Waals surface area contributed by atoms with Gasteiger partial charge in [0.2, 0.25) is 0 Å². The molecule has 0 spiro atoms. The minimum Gasteiger partial charge on any atom is -0.228 e. The molecule has 0 N–H and O–H groups in total. The Morgan fingerprint density at radius 2 is 0.283 bits per heavy atom. The van der Waals surface area contributed by atoms with Crippen molar-refractivity contribution in [3.05, 3.63) is 449 Å².